The van der Waals surface area contributed by atoms with Crippen LogP contribution in [0.5, 0.6) is 0 Å². The van der Waals surface area contributed by atoms with Gasteiger partial charge in [0.2, 0.25) is 0 Å². The third-order valence-corrected chi connectivity index (χ3v) is 6.02. The summed E-state index contributed by atoms with van der Waals surface area (Å²) >= 11 is 0. The number of carbonyl (C=O) groups is 1. The van der Waals surface area contributed by atoms with E-state index in [1.54, 1.807) is 13.0 Å². The molecule has 1 aliphatic rings. The lowest BCUT2D eigenvalue weighted by molar-refractivity contribution is 0.0257. The van der Waals surface area contributed by atoms with Crippen LogP contribution in [0.1, 0.15) is 49.4 Å². The molecule has 1 fully saturated rings. The molecule has 1 saturated carbocycles. The van der Waals surface area contributed by atoms with Crippen molar-refractivity contribution in [3.05, 3.63) is 29.8 Å². The number of ketones is 1. The van der Waals surface area contributed by atoms with Gasteiger partial charge in [-0.1, -0.05) is 31.4 Å². The van der Waals surface area contributed by atoms with E-state index in [9.17, 15) is 18.3 Å². The van der Waals surface area contributed by atoms with Gasteiger partial charge in [-0.15, -0.1) is 0 Å². The molecule has 122 valence electrons. The summed E-state index contributed by atoms with van der Waals surface area (Å²) in [6.45, 7) is 1.56. The van der Waals surface area contributed by atoms with Crippen molar-refractivity contribution in [1.82, 2.24) is 0 Å². The molecule has 0 radical (unpaired) electrons. The van der Waals surface area contributed by atoms with Crippen LogP contribution in [-0.4, -0.2) is 36.7 Å². The van der Waals surface area contributed by atoms with Gasteiger partial charge in [-0.2, -0.15) is 0 Å². The van der Waals surface area contributed by atoms with Crippen molar-refractivity contribution in [1.29, 1.82) is 0 Å². The molecule has 0 heterocycles. The van der Waals surface area contributed by atoms with Crippen LogP contribution >= 0.6 is 0 Å². The van der Waals surface area contributed by atoms with Crippen molar-refractivity contribution in [2.24, 2.45) is 5.73 Å². The summed E-state index contributed by atoms with van der Waals surface area (Å²) in [5.74, 6) is -0.594. The minimum absolute atomic E-state index is 0.0676. The van der Waals surface area contributed by atoms with Gasteiger partial charge in [-0.05, 0) is 31.9 Å². The largest absolute Gasteiger partial charge is 0.389 e. The molecular weight excluding hydrogens is 302 g/mol. The molecular formula is C16H23NO4S. The molecule has 0 aromatic heterocycles. The first-order valence-corrected chi connectivity index (χ1v) is 9.24. The molecule has 0 bridgehead atoms. The Bertz CT molecular complexity index is 646. The number of carbonyl (C=O) groups excluding carboxylic acids is 1. The van der Waals surface area contributed by atoms with Gasteiger partial charge < -0.3 is 10.8 Å². The monoisotopic (exact) mass is 325 g/mol. The van der Waals surface area contributed by atoms with Gasteiger partial charge in [0.15, 0.2) is 15.6 Å². The molecule has 1 atom stereocenters. The van der Waals surface area contributed by atoms with Crippen molar-refractivity contribution in [3.8, 4) is 0 Å². The summed E-state index contributed by atoms with van der Waals surface area (Å²) in [6, 6.07) is 5.22. The lowest BCUT2D eigenvalue weighted by Crippen LogP contribution is -2.39. The minimum Gasteiger partial charge on any atom is -0.389 e. The van der Waals surface area contributed by atoms with Gasteiger partial charge in [0.1, 0.15) is 0 Å². The first-order valence-electron chi connectivity index (χ1n) is 7.59. The Kier molecular flexibility index (Phi) is 5.04. The van der Waals surface area contributed by atoms with E-state index in [2.05, 4.69) is 0 Å². The molecule has 1 unspecified atom stereocenters. The van der Waals surface area contributed by atoms with Gasteiger partial charge in [0.25, 0.3) is 0 Å². The van der Waals surface area contributed by atoms with E-state index in [4.69, 9.17) is 5.73 Å². The van der Waals surface area contributed by atoms with Crippen LogP contribution in [0.25, 0.3) is 0 Å². The molecule has 6 heteroatoms. The number of aliphatic hydroxyl groups is 1. The number of rotatable bonds is 5. The van der Waals surface area contributed by atoms with Crippen LogP contribution in [0.4, 0.5) is 0 Å². The van der Waals surface area contributed by atoms with Gasteiger partial charge in [-0.25, -0.2) is 8.42 Å². The number of nitrogens with two attached hydrogens (primary N) is 1. The maximum atomic E-state index is 12.5. The fourth-order valence-electron chi connectivity index (χ4n) is 2.90. The summed E-state index contributed by atoms with van der Waals surface area (Å²) in [5.41, 5.74) is 4.69. The van der Waals surface area contributed by atoms with Crippen LogP contribution in [0.15, 0.2) is 29.2 Å². The Labute approximate surface area is 131 Å². The Hall–Kier alpha value is -1.24. The van der Waals surface area contributed by atoms with Gasteiger partial charge >= 0.3 is 0 Å². The number of hydrogen-bond acceptors (Lipinski definition) is 5. The van der Waals surface area contributed by atoms with E-state index < -0.39 is 21.5 Å². The van der Waals surface area contributed by atoms with E-state index in [0.29, 0.717) is 12.8 Å². The van der Waals surface area contributed by atoms with Crippen LogP contribution in [0.2, 0.25) is 0 Å². The average molecular weight is 325 g/mol. The second-order valence-corrected chi connectivity index (χ2v) is 8.21. The fraction of sp³-hybridized carbons (Fsp3) is 0.562. The van der Waals surface area contributed by atoms with E-state index in [-0.39, 0.29) is 22.0 Å². The van der Waals surface area contributed by atoms with E-state index >= 15 is 0 Å². The Morgan fingerprint density at radius 1 is 1.32 bits per heavy atom. The van der Waals surface area contributed by atoms with Crippen LogP contribution in [0, 0.1) is 0 Å². The van der Waals surface area contributed by atoms with E-state index in [0.717, 1.165) is 19.3 Å². The first kappa shape index (κ1) is 17.1. The Morgan fingerprint density at radius 3 is 2.55 bits per heavy atom. The summed E-state index contributed by atoms with van der Waals surface area (Å²) in [4.78, 5) is 12.0. The number of sulfone groups is 1. The van der Waals surface area contributed by atoms with Gasteiger partial charge in [-0.3, -0.25) is 4.79 Å². The van der Waals surface area contributed by atoms with E-state index in [1.807, 2.05) is 0 Å². The normalized spacial score (nSPS) is 19.6. The van der Waals surface area contributed by atoms with Crippen LogP contribution < -0.4 is 5.73 Å². The molecule has 0 aliphatic heterocycles. The molecule has 1 aromatic rings. The lowest BCUT2D eigenvalue weighted by Gasteiger charge is -2.31. The Morgan fingerprint density at radius 2 is 1.95 bits per heavy atom. The zero-order valence-corrected chi connectivity index (χ0v) is 13.6. The standard InChI is InChI=1S/C16H23NO4S/c1-12(17)15(18)13-6-5-7-14(10-13)22(20,21)11-16(19)8-3-2-4-9-16/h5-7,10,12,19H,2-4,8-9,11,17H2,1H3. The summed E-state index contributed by atoms with van der Waals surface area (Å²) in [5, 5.41) is 10.5. The van der Waals surface area contributed by atoms with Crippen molar-refractivity contribution in [3.63, 3.8) is 0 Å². The summed E-state index contributed by atoms with van der Waals surface area (Å²) in [6.07, 6.45) is 3.72. The number of benzene rings is 1. The maximum absolute atomic E-state index is 12.5. The molecule has 1 aliphatic carbocycles. The highest BCUT2D eigenvalue weighted by Crippen LogP contribution is 2.31. The highest BCUT2D eigenvalue weighted by atomic mass is 32.2. The predicted octanol–water partition coefficient (Wildman–Crippen LogP) is 1.69. The molecule has 1 aromatic carbocycles. The molecule has 22 heavy (non-hydrogen) atoms. The molecule has 0 amide bonds. The molecule has 0 spiro atoms. The maximum Gasteiger partial charge on any atom is 0.181 e. The molecule has 0 saturated heterocycles. The Balaban J connectivity index is 2.26. The number of Topliss-reactive ketones (excluding diaryl/α,β-unsaturated/α-hetero) is 1. The van der Waals surface area contributed by atoms with Crippen molar-refractivity contribution >= 4 is 15.6 Å². The van der Waals surface area contributed by atoms with Crippen molar-refractivity contribution < 1.29 is 18.3 Å². The highest BCUT2D eigenvalue weighted by Gasteiger charge is 2.35. The third kappa shape index (κ3) is 3.94. The first-order chi connectivity index (χ1) is 10.2. The third-order valence-electron chi connectivity index (χ3n) is 4.13. The van der Waals surface area contributed by atoms with Gasteiger partial charge in [0.05, 0.1) is 22.3 Å². The lowest BCUT2D eigenvalue weighted by atomic mass is 9.86. The second-order valence-electron chi connectivity index (χ2n) is 6.22. The predicted molar refractivity (Wildman–Crippen MR) is 84.5 cm³/mol. The zero-order chi connectivity index (χ0) is 16.4. The summed E-state index contributed by atoms with van der Waals surface area (Å²) in [7, 11) is -3.64. The molecule has 3 N–H and O–H groups in total. The van der Waals surface area contributed by atoms with Crippen LogP contribution in [-0.2, 0) is 9.84 Å². The second kappa shape index (κ2) is 6.48. The fourth-order valence-corrected chi connectivity index (χ4v) is 4.65. The van der Waals surface area contributed by atoms with Crippen LogP contribution in [0.3, 0.4) is 0 Å². The average Bonchev–Trinajstić information content (AvgIpc) is 2.46. The minimum atomic E-state index is -3.64. The van der Waals surface area contributed by atoms with Crippen molar-refractivity contribution in [2.45, 2.75) is 55.6 Å². The SMILES string of the molecule is CC(N)C(=O)c1cccc(S(=O)(=O)CC2(O)CCCCC2)c1. The topological polar surface area (TPSA) is 97.5 Å². The summed E-state index contributed by atoms with van der Waals surface area (Å²) < 4.78 is 25.1. The molecule has 5 nitrogen and oxygen atoms in total. The van der Waals surface area contributed by atoms with E-state index in [1.165, 1.54) is 18.2 Å². The highest BCUT2D eigenvalue weighted by molar-refractivity contribution is 7.91. The number of hydrogen-bond donors (Lipinski definition) is 2. The molecule has 2 rings (SSSR count). The van der Waals surface area contributed by atoms with Crippen molar-refractivity contribution in [2.75, 3.05) is 5.75 Å². The zero-order valence-electron chi connectivity index (χ0n) is 12.8. The van der Waals surface area contributed by atoms with Gasteiger partial charge in [0, 0.05) is 5.56 Å². The quantitative estimate of drug-likeness (QED) is 0.803. The smallest absolute Gasteiger partial charge is 0.181 e.